The van der Waals surface area contributed by atoms with Crippen molar-refractivity contribution in [3.05, 3.63) is 0 Å². The van der Waals surface area contributed by atoms with Gasteiger partial charge in [0.15, 0.2) is 0 Å². The SMILES string of the molecule is NC1(C(=O)N2CCCC(CC(=O)O)C2)CCOCC1. The summed E-state index contributed by atoms with van der Waals surface area (Å²) >= 11 is 0. The molecule has 0 aromatic carbocycles. The summed E-state index contributed by atoms with van der Waals surface area (Å²) in [5.41, 5.74) is 5.38. The number of likely N-dealkylation sites (tertiary alicyclic amines) is 1. The lowest BCUT2D eigenvalue weighted by Gasteiger charge is -2.40. The van der Waals surface area contributed by atoms with Crippen molar-refractivity contribution in [3.8, 4) is 0 Å². The van der Waals surface area contributed by atoms with E-state index in [4.69, 9.17) is 15.6 Å². The zero-order valence-electron chi connectivity index (χ0n) is 11.1. The van der Waals surface area contributed by atoms with Gasteiger partial charge in [-0.05, 0) is 31.6 Å². The van der Waals surface area contributed by atoms with Crippen molar-refractivity contribution in [2.45, 2.75) is 37.6 Å². The van der Waals surface area contributed by atoms with Crippen molar-refractivity contribution in [1.29, 1.82) is 0 Å². The van der Waals surface area contributed by atoms with Gasteiger partial charge >= 0.3 is 5.97 Å². The van der Waals surface area contributed by atoms with Crippen LogP contribution in [0, 0.1) is 5.92 Å². The minimum absolute atomic E-state index is 0.0362. The molecule has 0 aromatic rings. The summed E-state index contributed by atoms with van der Waals surface area (Å²) < 4.78 is 5.25. The summed E-state index contributed by atoms with van der Waals surface area (Å²) in [7, 11) is 0. The van der Waals surface area contributed by atoms with Crippen molar-refractivity contribution in [2.75, 3.05) is 26.3 Å². The molecule has 1 amide bonds. The van der Waals surface area contributed by atoms with Crippen LogP contribution in [0.1, 0.15) is 32.1 Å². The zero-order valence-corrected chi connectivity index (χ0v) is 11.1. The molecule has 0 radical (unpaired) electrons. The smallest absolute Gasteiger partial charge is 0.303 e. The summed E-state index contributed by atoms with van der Waals surface area (Å²) in [6.45, 7) is 2.25. The van der Waals surface area contributed by atoms with E-state index in [0.717, 1.165) is 12.8 Å². The number of carboxylic acid groups (broad SMARTS) is 1. The van der Waals surface area contributed by atoms with Crippen LogP contribution >= 0.6 is 0 Å². The molecule has 2 saturated heterocycles. The highest BCUT2D eigenvalue weighted by molar-refractivity contribution is 5.86. The molecule has 0 aliphatic carbocycles. The monoisotopic (exact) mass is 270 g/mol. The molecule has 2 aliphatic heterocycles. The van der Waals surface area contributed by atoms with E-state index in [0.29, 0.717) is 39.1 Å². The van der Waals surface area contributed by atoms with Crippen LogP contribution in [0.25, 0.3) is 0 Å². The van der Waals surface area contributed by atoms with Gasteiger partial charge in [0.05, 0.1) is 5.54 Å². The van der Waals surface area contributed by atoms with Crippen molar-refractivity contribution < 1.29 is 19.4 Å². The number of ether oxygens (including phenoxy) is 1. The first kappa shape index (κ1) is 14.3. The average Bonchev–Trinajstić information content (AvgIpc) is 2.38. The van der Waals surface area contributed by atoms with Crippen LogP contribution in [-0.2, 0) is 14.3 Å². The van der Waals surface area contributed by atoms with Crippen LogP contribution in [0.5, 0.6) is 0 Å². The second-order valence-corrected chi connectivity index (χ2v) is 5.63. The summed E-state index contributed by atoms with van der Waals surface area (Å²) in [5.74, 6) is -0.780. The molecule has 1 unspecified atom stereocenters. The fourth-order valence-corrected chi connectivity index (χ4v) is 2.93. The number of aliphatic carboxylic acids is 1. The van der Waals surface area contributed by atoms with E-state index >= 15 is 0 Å². The minimum Gasteiger partial charge on any atom is -0.481 e. The number of nitrogens with zero attached hydrogens (tertiary/aromatic N) is 1. The Bertz CT molecular complexity index is 353. The number of rotatable bonds is 3. The summed E-state index contributed by atoms with van der Waals surface area (Å²) in [4.78, 5) is 25.0. The van der Waals surface area contributed by atoms with Gasteiger partial charge in [0.2, 0.25) is 5.91 Å². The molecule has 2 aliphatic rings. The maximum Gasteiger partial charge on any atom is 0.303 e. The molecule has 2 rings (SSSR count). The number of carboxylic acids is 1. The normalized spacial score (nSPS) is 27.0. The van der Waals surface area contributed by atoms with Gasteiger partial charge < -0.3 is 20.5 Å². The Kier molecular flexibility index (Phi) is 4.42. The quantitative estimate of drug-likeness (QED) is 0.764. The lowest BCUT2D eigenvalue weighted by Crippen LogP contribution is -2.59. The number of piperidine rings is 1. The van der Waals surface area contributed by atoms with Crippen LogP contribution in [-0.4, -0.2) is 53.7 Å². The maximum atomic E-state index is 12.5. The standard InChI is InChI=1S/C13H22N2O4/c14-13(3-6-19-7-4-13)12(18)15-5-1-2-10(9-15)8-11(16)17/h10H,1-9,14H2,(H,16,17). The summed E-state index contributed by atoms with van der Waals surface area (Å²) in [6.07, 6.45) is 2.95. The predicted octanol–water partition coefficient (Wildman–Crippen LogP) is 0.208. The number of hydrogen-bond acceptors (Lipinski definition) is 4. The molecule has 19 heavy (non-hydrogen) atoms. The van der Waals surface area contributed by atoms with Gasteiger partial charge in [0, 0.05) is 32.7 Å². The maximum absolute atomic E-state index is 12.5. The Morgan fingerprint density at radius 3 is 2.68 bits per heavy atom. The molecule has 108 valence electrons. The van der Waals surface area contributed by atoms with Gasteiger partial charge in [0.25, 0.3) is 0 Å². The Morgan fingerprint density at radius 2 is 2.05 bits per heavy atom. The third kappa shape index (κ3) is 3.45. The first-order valence-corrected chi connectivity index (χ1v) is 6.89. The van der Waals surface area contributed by atoms with Gasteiger partial charge in [-0.3, -0.25) is 9.59 Å². The third-order valence-corrected chi connectivity index (χ3v) is 4.08. The Balaban J connectivity index is 1.96. The molecule has 0 aromatic heterocycles. The van der Waals surface area contributed by atoms with E-state index in [1.807, 2.05) is 0 Å². The molecule has 2 heterocycles. The Morgan fingerprint density at radius 1 is 1.37 bits per heavy atom. The molecule has 2 fully saturated rings. The van der Waals surface area contributed by atoms with Gasteiger partial charge in [-0.15, -0.1) is 0 Å². The number of amides is 1. The van der Waals surface area contributed by atoms with E-state index in [1.54, 1.807) is 4.90 Å². The first-order chi connectivity index (χ1) is 9.01. The molecule has 3 N–H and O–H groups in total. The van der Waals surface area contributed by atoms with E-state index in [2.05, 4.69) is 0 Å². The molecular weight excluding hydrogens is 248 g/mol. The van der Waals surface area contributed by atoms with Crippen LogP contribution in [0.15, 0.2) is 0 Å². The number of carbonyl (C=O) groups excluding carboxylic acids is 1. The van der Waals surface area contributed by atoms with Crippen LogP contribution < -0.4 is 5.73 Å². The highest BCUT2D eigenvalue weighted by Gasteiger charge is 2.40. The molecule has 0 spiro atoms. The summed E-state index contributed by atoms with van der Waals surface area (Å²) in [5, 5.41) is 8.85. The number of carbonyl (C=O) groups is 2. The van der Waals surface area contributed by atoms with Crippen LogP contribution in [0.3, 0.4) is 0 Å². The van der Waals surface area contributed by atoms with Gasteiger partial charge in [-0.25, -0.2) is 0 Å². The summed E-state index contributed by atoms with van der Waals surface area (Å²) in [6, 6.07) is 0. The Hall–Kier alpha value is -1.14. The van der Waals surface area contributed by atoms with Gasteiger partial charge in [-0.2, -0.15) is 0 Å². The minimum atomic E-state index is -0.816. The van der Waals surface area contributed by atoms with Gasteiger partial charge in [-0.1, -0.05) is 0 Å². The third-order valence-electron chi connectivity index (χ3n) is 4.08. The molecule has 6 nitrogen and oxygen atoms in total. The van der Waals surface area contributed by atoms with E-state index in [-0.39, 0.29) is 18.2 Å². The Labute approximate surface area is 112 Å². The molecular formula is C13H22N2O4. The van der Waals surface area contributed by atoms with Gasteiger partial charge in [0.1, 0.15) is 0 Å². The lowest BCUT2D eigenvalue weighted by molar-refractivity contribution is -0.145. The highest BCUT2D eigenvalue weighted by Crippen LogP contribution is 2.25. The van der Waals surface area contributed by atoms with E-state index < -0.39 is 11.5 Å². The number of hydrogen-bond donors (Lipinski definition) is 2. The lowest BCUT2D eigenvalue weighted by atomic mass is 9.87. The zero-order chi connectivity index (χ0) is 13.9. The molecule has 0 bridgehead atoms. The topological polar surface area (TPSA) is 92.9 Å². The van der Waals surface area contributed by atoms with Crippen LogP contribution in [0.2, 0.25) is 0 Å². The van der Waals surface area contributed by atoms with Crippen molar-refractivity contribution in [1.82, 2.24) is 4.90 Å². The predicted molar refractivity (Wildman–Crippen MR) is 68.5 cm³/mol. The average molecular weight is 270 g/mol. The molecule has 1 atom stereocenters. The second kappa shape index (κ2) is 5.88. The van der Waals surface area contributed by atoms with Crippen LogP contribution in [0.4, 0.5) is 0 Å². The molecule has 0 saturated carbocycles. The highest BCUT2D eigenvalue weighted by atomic mass is 16.5. The fraction of sp³-hybridized carbons (Fsp3) is 0.846. The number of nitrogens with two attached hydrogens (primary N) is 1. The fourth-order valence-electron chi connectivity index (χ4n) is 2.93. The largest absolute Gasteiger partial charge is 0.481 e. The van der Waals surface area contributed by atoms with Crippen molar-refractivity contribution in [3.63, 3.8) is 0 Å². The van der Waals surface area contributed by atoms with Crippen molar-refractivity contribution in [2.24, 2.45) is 11.7 Å². The van der Waals surface area contributed by atoms with Crippen molar-refractivity contribution >= 4 is 11.9 Å². The first-order valence-electron chi connectivity index (χ1n) is 6.89. The van der Waals surface area contributed by atoms with E-state index in [1.165, 1.54) is 0 Å². The van der Waals surface area contributed by atoms with E-state index in [9.17, 15) is 9.59 Å². The molecule has 6 heteroatoms. The second-order valence-electron chi connectivity index (χ2n) is 5.63.